The molecule has 1 aliphatic rings. The van der Waals surface area contributed by atoms with Gasteiger partial charge in [-0.15, -0.1) is 0 Å². The maximum Gasteiger partial charge on any atom is 0.142 e. The molecule has 1 saturated carbocycles. The predicted octanol–water partition coefficient (Wildman–Crippen LogP) is 1.97. The number of benzene rings is 1. The van der Waals surface area contributed by atoms with Gasteiger partial charge in [-0.1, -0.05) is 11.6 Å². The summed E-state index contributed by atoms with van der Waals surface area (Å²) in [5.41, 5.74) is 0. The number of hydrogen-bond donors (Lipinski definition) is 2. The molecule has 1 aromatic carbocycles. The Bertz CT molecular complexity index is 385. The van der Waals surface area contributed by atoms with E-state index >= 15 is 0 Å². The summed E-state index contributed by atoms with van der Waals surface area (Å²) in [6.07, 6.45) is 1.79. The van der Waals surface area contributed by atoms with Crippen molar-refractivity contribution < 1.29 is 14.2 Å². The van der Waals surface area contributed by atoms with E-state index in [1.54, 1.807) is 0 Å². The minimum absolute atomic E-state index is 0.0214. The van der Waals surface area contributed by atoms with Crippen molar-refractivity contribution in [3.8, 4) is 5.75 Å². The van der Waals surface area contributed by atoms with Gasteiger partial charge in [0.15, 0.2) is 0 Å². The van der Waals surface area contributed by atoms with Crippen LogP contribution in [0.5, 0.6) is 5.75 Å². The second-order valence-corrected chi connectivity index (χ2v) is 4.63. The second-order valence-electron chi connectivity index (χ2n) is 4.22. The molecule has 2 rings (SSSR count). The highest BCUT2D eigenvalue weighted by molar-refractivity contribution is 6.30. The van der Waals surface area contributed by atoms with Gasteiger partial charge in [0, 0.05) is 18.7 Å². The van der Waals surface area contributed by atoms with Gasteiger partial charge in [0.2, 0.25) is 0 Å². The molecule has 17 heavy (non-hydrogen) atoms. The first-order valence-corrected chi connectivity index (χ1v) is 6.02. The fraction of sp³-hybridized carbons (Fsp3) is 0.500. The molecule has 0 aromatic heterocycles. The van der Waals surface area contributed by atoms with Gasteiger partial charge in [0.25, 0.3) is 0 Å². The molecule has 0 spiro atoms. The van der Waals surface area contributed by atoms with E-state index in [0.29, 0.717) is 18.3 Å². The van der Waals surface area contributed by atoms with E-state index in [0.717, 1.165) is 0 Å². The van der Waals surface area contributed by atoms with E-state index in [4.69, 9.17) is 16.3 Å². The number of ether oxygens (including phenoxy) is 1. The van der Waals surface area contributed by atoms with Crippen LogP contribution in [-0.2, 0) is 0 Å². The lowest BCUT2D eigenvalue weighted by Crippen LogP contribution is -2.32. The second kappa shape index (κ2) is 5.67. The van der Waals surface area contributed by atoms with Crippen molar-refractivity contribution in [2.75, 3.05) is 13.2 Å². The van der Waals surface area contributed by atoms with Crippen LogP contribution in [0.25, 0.3) is 0 Å². The monoisotopic (exact) mass is 259 g/mol. The van der Waals surface area contributed by atoms with Crippen LogP contribution in [0, 0.1) is 5.82 Å². The molecule has 5 heteroatoms. The molecule has 0 amide bonds. The lowest BCUT2D eigenvalue weighted by molar-refractivity contribution is 0.106. The van der Waals surface area contributed by atoms with Crippen LogP contribution in [0.15, 0.2) is 18.2 Å². The van der Waals surface area contributed by atoms with Crippen LogP contribution < -0.4 is 10.1 Å². The number of aliphatic hydroxyl groups excluding tert-OH is 1. The van der Waals surface area contributed by atoms with Crippen molar-refractivity contribution in [3.63, 3.8) is 0 Å². The quantitative estimate of drug-likeness (QED) is 0.821. The summed E-state index contributed by atoms with van der Waals surface area (Å²) in [6.45, 7) is 0.682. The number of nitrogens with one attached hydrogen (secondary N) is 1. The largest absolute Gasteiger partial charge is 0.491 e. The van der Waals surface area contributed by atoms with E-state index in [1.165, 1.54) is 31.0 Å². The third-order valence-corrected chi connectivity index (χ3v) is 2.84. The number of rotatable bonds is 6. The molecule has 0 saturated heterocycles. The summed E-state index contributed by atoms with van der Waals surface area (Å²) in [5.74, 6) is -0.0168. The molecule has 0 heterocycles. The third kappa shape index (κ3) is 4.15. The van der Waals surface area contributed by atoms with E-state index in [9.17, 15) is 9.50 Å². The third-order valence-electron chi connectivity index (χ3n) is 2.55. The van der Waals surface area contributed by atoms with Gasteiger partial charge >= 0.3 is 0 Å². The molecule has 1 aliphatic carbocycles. The van der Waals surface area contributed by atoms with Gasteiger partial charge in [-0.3, -0.25) is 0 Å². The molecule has 94 valence electrons. The van der Waals surface area contributed by atoms with Gasteiger partial charge in [0.05, 0.1) is 5.02 Å². The summed E-state index contributed by atoms with van der Waals surface area (Å²) < 4.78 is 18.2. The van der Waals surface area contributed by atoms with Gasteiger partial charge < -0.3 is 15.2 Å². The molecule has 1 unspecified atom stereocenters. The summed E-state index contributed by atoms with van der Waals surface area (Å²) in [5, 5.41) is 12.8. The minimum Gasteiger partial charge on any atom is -0.491 e. The van der Waals surface area contributed by atoms with Crippen LogP contribution in [0.4, 0.5) is 4.39 Å². The number of aliphatic hydroxyl groups is 1. The van der Waals surface area contributed by atoms with Crippen molar-refractivity contribution >= 4 is 11.6 Å². The smallest absolute Gasteiger partial charge is 0.142 e. The maximum atomic E-state index is 12.9. The predicted molar refractivity (Wildman–Crippen MR) is 63.9 cm³/mol. The highest BCUT2D eigenvalue weighted by atomic mass is 35.5. The zero-order valence-corrected chi connectivity index (χ0v) is 10.1. The molecule has 1 fully saturated rings. The summed E-state index contributed by atoms with van der Waals surface area (Å²) in [4.78, 5) is 0. The van der Waals surface area contributed by atoms with Gasteiger partial charge in [-0.05, 0) is 25.0 Å². The molecule has 0 bridgehead atoms. The summed E-state index contributed by atoms with van der Waals surface area (Å²) in [6, 6.07) is 4.69. The van der Waals surface area contributed by atoms with Crippen LogP contribution in [0.2, 0.25) is 5.02 Å². The zero-order valence-electron chi connectivity index (χ0n) is 9.33. The number of halogens is 2. The lowest BCUT2D eigenvalue weighted by atomic mass is 10.3. The van der Waals surface area contributed by atoms with Crippen molar-refractivity contribution in [1.82, 2.24) is 5.32 Å². The molecular weight excluding hydrogens is 245 g/mol. The molecule has 0 radical (unpaired) electrons. The molecule has 3 nitrogen and oxygen atoms in total. The first-order valence-electron chi connectivity index (χ1n) is 5.64. The van der Waals surface area contributed by atoms with Crippen molar-refractivity contribution in [3.05, 3.63) is 29.0 Å². The first kappa shape index (κ1) is 12.6. The van der Waals surface area contributed by atoms with Crippen LogP contribution in [0.1, 0.15) is 12.8 Å². The Morgan fingerprint density at radius 2 is 2.29 bits per heavy atom. The Morgan fingerprint density at radius 3 is 2.94 bits per heavy atom. The van der Waals surface area contributed by atoms with Crippen LogP contribution >= 0.6 is 11.6 Å². The minimum atomic E-state index is -0.570. The Labute approximate surface area is 105 Å². The molecule has 1 aromatic rings. The van der Waals surface area contributed by atoms with E-state index in [-0.39, 0.29) is 11.6 Å². The normalized spacial score (nSPS) is 16.9. The number of hydrogen-bond acceptors (Lipinski definition) is 3. The van der Waals surface area contributed by atoms with Crippen LogP contribution in [0.3, 0.4) is 0 Å². The van der Waals surface area contributed by atoms with Gasteiger partial charge in [0.1, 0.15) is 24.3 Å². The molecule has 1 atom stereocenters. The van der Waals surface area contributed by atoms with Gasteiger partial charge in [-0.2, -0.15) is 0 Å². The summed E-state index contributed by atoms with van der Waals surface area (Å²) in [7, 11) is 0. The van der Waals surface area contributed by atoms with E-state index < -0.39 is 11.9 Å². The maximum absolute atomic E-state index is 12.9. The average molecular weight is 260 g/mol. The Kier molecular flexibility index (Phi) is 4.20. The highest BCUT2D eigenvalue weighted by Gasteiger charge is 2.21. The fourth-order valence-electron chi connectivity index (χ4n) is 1.41. The summed E-state index contributed by atoms with van der Waals surface area (Å²) >= 11 is 5.61. The Morgan fingerprint density at radius 1 is 1.53 bits per heavy atom. The van der Waals surface area contributed by atoms with Crippen LogP contribution in [-0.4, -0.2) is 30.4 Å². The average Bonchev–Trinajstić information content (AvgIpc) is 3.12. The van der Waals surface area contributed by atoms with Crippen molar-refractivity contribution in [1.29, 1.82) is 0 Å². The lowest BCUT2D eigenvalue weighted by Gasteiger charge is -2.13. The standard InChI is InChI=1S/C12H15ClFNO2/c13-11-5-10(3-4-12(11)14)17-7-9(16)6-15-8-1-2-8/h3-5,8-9,15-16H,1-2,6-7H2. The topological polar surface area (TPSA) is 41.5 Å². The van der Waals surface area contributed by atoms with Crippen molar-refractivity contribution in [2.45, 2.75) is 25.0 Å². The molecule has 2 N–H and O–H groups in total. The highest BCUT2D eigenvalue weighted by Crippen LogP contribution is 2.21. The zero-order chi connectivity index (χ0) is 12.3. The first-order chi connectivity index (χ1) is 8.15. The fourth-order valence-corrected chi connectivity index (χ4v) is 1.58. The molecule has 0 aliphatic heterocycles. The SMILES string of the molecule is OC(CNC1CC1)COc1ccc(F)c(Cl)c1. The van der Waals surface area contributed by atoms with Crippen molar-refractivity contribution in [2.24, 2.45) is 0 Å². The van der Waals surface area contributed by atoms with E-state index in [1.807, 2.05) is 0 Å². The molecular formula is C12H15ClFNO2. The Hall–Kier alpha value is -0.840. The Balaban J connectivity index is 1.73. The van der Waals surface area contributed by atoms with E-state index in [2.05, 4.69) is 5.32 Å². The van der Waals surface area contributed by atoms with Gasteiger partial charge in [-0.25, -0.2) is 4.39 Å².